The lowest BCUT2D eigenvalue weighted by Gasteiger charge is -2.29. The molecule has 8 aromatic carbocycles. The van der Waals surface area contributed by atoms with E-state index in [0.29, 0.717) is 5.92 Å². The van der Waals surface area contributed by atoms with Crippen molar-refractivity contribution in [3.8, 4) is 61.5 Å². The van der Waals surface area contributed by atoms with E-state index in [4.69, 9.17) is 4.98 Å². The summed E-state index contributed by atoms with van der Waals surface area (Å²) in [6.07, 6.45) is 4.71. The first kappa shape index (κ1) is 35.1. The van der Waals surface area contributed by atoms with Gasteiger partial charge < -0.3 is 4.57 Å². The van der Waals surface area contributed by atoms with Gasteiger partial charge in [-0.15, -0.1) is 0 Å². The van der Waals surface area contributed by atoms with Crippen molar-refractivity contribution in [3.63, 3.8) is 0 Å². The van der Waals surface area contributed by atoms with Gasteiger partial charge >= 0.3 is 0 Å². The van der Waals surface area contributed by atoms with Gasteiger partial charge in [0.25, 0.3) is 0 Å². The maximum Gasteiger partial charge on any atom is 0.0716 e. The Morgan fingerprint density at radius 2 is 1.10 bits per heavy atom. The highest BCUT2D eigenvalue weighted by molar-refractivity contribution is 6.11. The first-order valence-corrected chi connectivity index (χ1v) is 21.1. The molecule has 3 heterocycles. The van der Waals surface area contributed by atoms with E-state index in [1.165, 1.54) is 55.2 Å². The highest BCUT2D eigenvalue weighted by Crippen LogP contribution is 2.45. The van der Waals surface area contributed by atoms with Crippen molar-refractivity contribution in [1.29, 1.82) is 0 Å². The standard InChI is InChI=1S/C58H39N3/c1-3-12-39(13-4-1)50-35-44-14-7-8-19-47(44)52-36-45(22-25-48(50)52)56-37-51(43-16-11-15-40(32-43)38-28-30-59-31-29-38)53-33-41(23-26-55(53)60-56)42-24-27-58-54(34-42)49-20-9-10-21-57(49)61(58)46-17-5-2-6-18-46/h1-34,36-37,50H,35H2. The summed E-state index contributed by atoms with van der Waals surface area (Å²) < 4.78 is 2.37. The Morgan fingerprint density at radius 3 is 1.97 bits per heavy atom. The van der Waals surface area contributed by atoms with Gasteiger partial charge in [0.15, 0.2) is 0 Å². The Balaban J connectivity index is 1.04. The van der Waals surface area contributed by atoms with E-state index in [1.807, 2.05) is 12.4 Å². The number of rotatable bonds is 6. The monoisotopic (exact) mass is 777 g/mol. The van der Waals surface area contributed by atoms with Crippen LogP contribution in [0.25, 0.3) is 94.2 Å². The Kier molecular flexibility index (Phi) is 8.31. The molecule has 3 nitrogen and oxygen atoms in total. The molecule has 0 N–H and O–H groups in total. The molecule has 286 valence electrons. The predicted octanol–water partition coefficient (Wildman–Crippen LogP) is 14.7. The van der Waals surface area contributed by atoms with Crippen LogP contribution < -0.4 is 0 Å². The molecule has 3 aromatic heterocycles. The van der Waals surface area contributed by atoms with Gasteiger partial charge in [0, 0.05) is 45.7 Å². The fourth-order valence-electron chi connectivity index (χ4n) is 9.74. The van der Waals surface area contributed by atoms with E-state index in [2.05, 4.69) is 216 Å². The van der Waals surface area contributed by atoms with E-state index in [1.54, 1.807) is 0 Å². The highest BCUT2D eigenvalue weighted by Gasteiger charge is 2.26. The molecule has 0 saturated carbocycles. The zero-order valence-electron chi connectivity index (χ0n) is 33.4. The number of para-hydroxylation sites is 2. The van der Waals surface area contributed by atoms with Crippen LogP contribution in [-0.4, -0.2) is 14.5 Å². The van der Waals surface area contributed by atoms with Gasteiger partial charge in [0.2, 0.25) is 0 Å². The fourth-order valence-corrected chi connectivity index (χ4v) is 9.74. The minimum absolute atomic E-state index is 0.295. The topological polar surface area (TPSA) is 30.7 Å². The van der Waals surface area contributed by atoms with Crippen molar-refractivity contribution in [1.82, 2.24) is 14.5 Å². The SMILES string of the molecule is c1ccc(C2Cc3ccccc3-c3cc(-c4cc(-c5cccc(-c6ccncc6)c5)c5cc(-c6ccc7c(c6)c6ccccc6n7-c6ccccc6)ccc5n4)ccc32)cc1. The van der Waals surface area contributed by atoms with Gasteiger partial charge in [-0.2, -0.15) is 0 Å². The van der Waals surface area contributed by atoms with Crippen molar-refractivity contribution >= 4 is 32.7 Å². The van der Waals surface area contributed by atoms with Crippen LogP contribution in [0.5, 0.6) is 0 Å². The fraction of sp³-hybridized carbons (Fsp3) is 0.0345. The third-order valence-electron chi connectivity index (χ3n) is 12.7. The van der Waals surface area contributed by atoms with Gasteiger partial charge in [-0.1, -0.05) is 133 Å². The minimum atomic E-state index is 0.295. The van der Waals surface area contributed by atoms with Gasteiger partial charge in [-0.3, -0.25) is 4.98 Å². The summed E-state index contributed by atoms with van der Waals surface area (Å²) in [6, 6.07) is 75.2. The lowest BCUT2D eigenvalue weighted by Crippen LogP contribution is -2.12. The Hall–Kier alpha value is -7.88. The number of pyridine rings is 2. The highest BCUT2D eigenvalue weighted by atomic mass is 15.0. The van der Waals surface area contributed by atoms with E-state index in [0.717, 1.165) is 62.1 Å². The summed E-state index contributed by atoms with van der Waals surface area (Å²) in [5.41, 5.74) is 20.2. The molecular weight excluding hydrogens is 739 g/mol. The molecule has 61 heavy (non-hydrogen) atoms. The van der Waals surface area contributed by atoms with E-state index >= 15 is 0 Å². The normalized spacial score (nSPS) is 13.3. The molecule has 0 aliphatic heterocycles. The van der Waals surface area contributed by atoms with Gasteiger partial charge in [0.1, 0.15) is 0 Å². The lowest BCUT2D eigenvalue weighted by atomic mass is 9.75. The molecule has 1 aliphatic rings. The summed E-state index contributed by atoms with van der Waals surface area (Å²) in [4.78, 5) is 9.73. The van der Waals surface area contributed by atoms with Crippen molar-refractivity contribution < 1.29 is 0 Å². The van der Waals surface area contributed by atoms with Crippen LogP contribution in [0.3, 0.4) is 0 Å². The first-order chi connectivity index (χ1) is 30.2. The molecule has 0 spiro atoms. The second-order valence-corrected chi connectivity index (χ2v) is 16.2. The molecule has 0 radical (unpaired) electrons. The van der Waals surface area contributed by atoms with Crippen molar-refractivity contribution in [2.75, 3.05) is 0 Å². The van der Waals surface area contributed by atoms with Gasteiger partial charge in [-0.05, 0) is 140 Å². The molecular formula is C58H39N3. The summed E-state index contributed by atoms with van der Waals surface area (Å²) in [6.45, 7) is 0. The van der Waals surface area contributed by atoms with Crippen molar-refractivity contribution in [2.24, 2.45) is 0 Å². The number of benzene rings is 8. The molecule has 1 atom stereocenters. The predicted molar refractivity (Wildman–Crippen MR) is 253 cm³/mol. The van der Waals surface area contributed by atoms with Crippen LogP contribution in [0, 0.1) is 0 Å². The average molecular weight is 778 g/mol. The van der Waals surface area contributed by atoms with Crippen molar-refractivity contribution in [2.45, 2.75) is 12.3 Å². The molecule has 11 aromatic rings. The molecule has 12 rings (SSSR count). The largest absolute Gasteiger partial charge is 0.309 e. The van der Waals surface area contributed by atoms with Crippen LogP contribution in [-0.2, 0) is 6.42 Å². The molecule has 0 amide bonds. The van der Waals surface area contributed by atoms with Crippen LogP contribution in [0.15, 0.2) is 219 Å². The van der Waals surface area contributed by atoms with Crippen molar-refractivity contribution in [3.05, 3.63) is 235 Å². The van der Waals surface area contributed by atoms with Crippen LogP contribution in [0.2, 0.25) is 0 Å². The molecule has 0 fully saturated rings. The van der Waals surface area contributed by atoms with Gasteiger partial charge in [-0.25, -0.2) is 4.98 Å². The molecule has 1 unspecified atom stereocenters. The summed E-state index contributed by atoms with van der Waals surface area (Å²) >= 11 is 0. The Bertz CT molecular complexity index is 3440. The number of aromatic nitrogens is 3. The van der Waals surface area contributed by atoms with E-state index in [9.17, 15) is 0 Å². The Morgan fingerprint density at radius 1 is 0.410 bits per heavy atom. The first-order valence-electron chi connectivity index (χ1n) is 21.1. The summed E-state index contributed by atoms with van der Waals surface area (Å²) in [5.74, 6) is 0.295. The number of fused-ring (bicyclic) bond motifs is 7. The van der Waals surface area contributed by atoms with E-state index in [-0.39, 0.29) is 0 Å². The maximum atomic E-state index is 5.45. The lowest BCUT2D eigenvalue weighted by molar-refractivity contribution is 0.794. The molecule has 3 heteroatoms. The molecule has 0 bridgehead atoms. The Labute approximate surface area is 354 Å². The number of hydrogen-bond donors (Lipinski definition) is 0. The minimum Gasteiger partial charge on any atom is -0.309 e. The smallest absolute Gasteiger partial charge is 0.0716 e. The van der Waals surface area contributed by atoms with Crippen LogP contribution >= 0.6 is 0 Å². The third-order valence-corrected chi connectivity index (χ3v) is 12.7. The van der Waals surface area contributed by atoms with Crippen LogP contribution in [0.1, 0.15) is 22.6 Å². The molecule has 1 aliphatic carbocycles. The molecule has 0 saturated heterocycles. The van der Waals surface area contributed by atoms with E-state index < -0.39 is 0 Å². The second kappa shape index (κ2) is 14.4. The third kappa shape index (κ3) is 6.05. The quantitative estimate of drug-likeness (QED) is 0.168. The summed E-state index contributed by atoms with van der Waals surface area (Å²) in [7, 11) is 0. The van der Waals surface area contributed by atoms with Crippen LogP contribution in [0.4, 0.5) is 0 Å². The maximum absolute atomic E-state index is 5.45. The average Bonchev–Trinajstić information content (AvgIpc) is 3.67. The number of hydrogen-bond acceptors (Lipinski definition) is 2. The number of nitrogens with zero attached hydrogens (tertiary/aromatic N) is 3. The zero-order chi connectivity index (χ0) is 40.3. The van der Waals surface area contributed by atoms with Gasteiger partial charge in [0.05, 0.1) is 22.2 Å². The zero-order valence-corrected chi connectivity index (χ0v) is 33.4. The summed E-state index contributed by atoms with van der Waals surface area (Å²) in [5, 5.41) is 3.60. The second-order valence-electron chi connectivity index (χ2n) is 16.2.